The van der Waals surface area contributed by atoms with E-state index in [0.29, 0.717) is 30.0 Å². The van der Waals surface area contributed by atoms with Gasteiger partial charge in [-0.05, 0) is 68.7 Å². The van der Waals surface area contributed by atoms with Crippen LogP contribution in [-0.2, 0) is 19.9 Å². The summed E-state index contributed by atoms with van der Waals surface area (Å²) in [6.45, 7) is 10.1. The van der Waals surface area contributed by atoms with E-state index in [2.05, 4.69) is 39.4 Å². The number of rotatable bonds is 9. The fourth-order valence-electron chi connectivity index (χ4n) is 6.01. The van der Waals surface area contributed by atoms with Gasteiger partial charge in [0.25, 0.3) is 0 Å². The van der Waals surface area contributed by atoms with Crippen LogP contribution in [0.2, 0.25) is 0 Å². The number of hydrogen-bond donors (Lipinski definition) is 1. The number of nitrogens with zero attached hydrogens (tertiary/aromatic N) is 5. The van der Waals surface area contributed by atoms with Crippen LogP contribution in [-0.4, -0.2) is 51.1 Å². The van der Waals surface area contributed by atoms with Crippen molar-refractivity contribution < 1.29 is 14.4 Å². The lowest BCUT2D eigenvalue weighted by Gasteiger charge is -2.30. The van der Waals surface area contributed by atoms with Crippen LogP contribution >= 0.6 is 0 Å². The lowest BCUT2D eigenvalue weighted by Crippen LogP contribution is -2.50. The fourth-order valence-corrected chi connectivity index (χ4v) is 6.01. The van der Waals surface area contributed by atoms with E-state index in [4.69, 9.17) is 0 Å². The first-order valence-electron chi connectivity index (χ1n) is 13.6. The Morgan fingerprint density at radius 2 is 1.82 bits per heavy atom. The molecule has 0 bridgehead atoms. The number of likely N-dealkylation sites (tertiary alicyclic amines) is 1. The molecule has 1 saturated carbocycles. The van der Waals surface area contributed by atoms with Crippen molar-refractivity contribution in [2.24, 2.45) is 15.6 Å². The van der Waals surface area contributed by atoms with Gasteiger partial charge in [-0.1, -0.05) is 26.7 Å². The Bertz CT molecular complexity index is 1320. The van der Waals surface area contributed by atoms with Crippen LogP contribution in [0.15, 0.2) is 34.8 Å². The van der Waals surface area contributed by atoms with Gasteiger partial charge < -0.3 is 10.2 Å². The maximum Gasteiger partial charge on any atom is 0.242 e. The predicted molar refractivity (Wildman–Crippen MR) is 143 cm³/mol. The first-order valence-corrected chi connectivity index (χ1v) is 13.6. The van der Waals surface area contributed by atoms with Crippen LogP contribution in [0.5, 0.6) is 0 Å². The zero-order chi connectivity index (χ0) is 27.2. The number of aromatic nitrogens is 2. The van der Waals surface area contributed by atoms with Crippen LogP contribution < -0.4 is 5.32 Å². The molecule has 1 saturated heterocycles. The number of carbonyl (C=O) groups excluding carboxylic acids is 3. The number of piperidine rings is 1. The van der Waals surface area contributed by atoms with Crippen molar-refractivity contribution in [1.29, 1.82) is 0 Å². The Hall–Kier alpha value is -3.49. The standard InChI is InChI=1S/C29H36N6O3/c1-6-7-8-9-30-27(38)23-12-28(5)13-24(28)35(23)25(37)14-29(18(3)36)22-11-20(10-17(2)26(22)33-34-29)21-15-31-19(4)32-16-21/h10-11,15-16,23-24H,6-9,12-14H2,1-5H3,(H,30,38)/t23-,24+,28-,29?/m0/s1. The van der Waals surface area contributed by atoms with E-state index in [-0.39, 0.29) is 35.5 Å². The van der Waals surface area contributed by atoms with Gasteiger partial charge in [0.1, 0.15) is 11.9 Å². The lowest BCUT2D eigenvalue weighted by molar-refractivity contribution is -0.142. The molecular weight excluding hydrogens is 480 g/mol. The minimum absolute atomic E-state index is 0.0148. The molecular formula is C29H36N6O3. The number of benzene rings is 1. The number of ketones is 1. The molecule has 0 radical (unpaired) electrons. The Morgan fingerprint density at radius 1 is 1.08 bits per heavy atom. The van der Waals surface area contributed by atoms with E-state index in [1.54, 1.807) is 17.3 Å². The second-order valence-electron chi connectivity index (χ2n) is 11.4. The largest absolute Gasteiger partial charge is 0.354 e. The Morgan fingerprint density at radius 3 is 2.50 bits per heavy atom. The predicted octanol–water partition coefficient (Wildman–Crippen LogP) is 4.72. The van der Waals surface area contributed by atoms with Crippen molar-refractivity contribution in [3.63, 3.8) is 0 Å². The number of carbonyl (C=O) groups is 3. The first kappa shape index (κ1) is 26.1. The zero-order valence-corrected chi connectivity index (χ0v) is 22.9. The van der Waals surface area contributed by atoms with Crippen LogP contribution in [0.3, 0.4) is 0 Å². The SMILES string of the molecule is CCCCCNC(=O)[C@@H]1C[C@@]2(C)C[C@H]2N1C(=O)CC1(C(C)=O)N=Nc2c(C)cc(-c3cnc(C)nc3)cc21. The van der Waals surface area contributed by atoms with Crippen LogP contribution in [0.4, 0.5) is 5.69 Å². The van der Waals surface area contributed by atoms with E-state index in [1.807, 2.05) is 26.0 Å². The molecule has 1 aromatic carbocycles. The summed E-state index contributed by atoms with van der Waals surface area (Å²) in [5.74, 6) is 0.0877. The molecule has 2 aromatic rings. The molecule has 1 aromatic heterocycles. The number of hydrogen-bond acceptors (Lipinski definition) is 7. The molecule has 38 heavy (non-hydrogen) atoms. The third-order valence-corrected chi connectivity index (χ3v) is 8.48. The quantitative estimate of drug-likeness (QED) is 0.484. The molecule has 200 valence electrons. The van der Waals surface area contributed by atoms with Crippen molar-refractivity contribution in [2.75, 3.05) is 6.54 Å². The van der Waals surface area contributed by atoms with E-state index in [9.17, 15) is 14.4 Å². The molecule has 1 unspecified atom stereocenters. The normalized spacial score (nSPS) is 26.7. The third kappa shape index (κ3) is 4.41. The molecule has 5 rings (SSSR count). The molecule has 2 amide bonds. The highest BCUT2D eigenvalue weighted by Crippen LogP contribution is 2.60. The average Bonchev–Trinajstić information content (AvgIpc) is 3.23. The second kappa shape index (κ2) is 9.67. The van der Waals surface area contributed by atoms with E-state index in [1.165, 1.54) is 6.92 Å². The summed E-state index contributed by atoms with van der Waals surface area (Å²) in [6, 6.07) is 3.35. The van der Waals surface area contributed by atoms with Gasteiger partial charge in [-0.25, -0.2) is 9.97 Å². The summed E-state index contributed by atoms with van der Waals surface area (Å²) in [5, 5.41) is 11.9. The maximum atomic E-state index is 13.9. The fraction of sp³-hybridized carbons (Fsp3) is 0.552. The Labute approximate surface area is 223 Å². The van der Waals surface area contributed by atoms with Crippen molar-refractivity contribution in [3.8, 4) is 11.1 Å². The highest BCUT2D eigenvalue weighted by Gasteiger charge is 2.65. The molecule has 9 nitrogen and oxygen atoms in total. The van der Waals surface area contributed by atoms with Crippen molar-refractivity contribution in [2.45, 2.75) is 90.8 Å². The molecule has 3 heterocycles. The number of nitrogens with one attached hydrogen (secondary N) is 1. The minimum Gasteiger partial charge on any atom is -0.354 e. The summed E-state index contributed by atoms with van der Waals surface area (Å²) >= 11 is 0. The lowest BCUT2D eigenvalue weighted by atomic mass is 9.81. The van der Waals surface area contributed by atoms with Crippen molar-refractivity contribution in [3.05, 3.63) is 41.5 Å². The average molecular weight is 517 g/mol. The molecule has 2 aliphatic heterocycles. The highest BCUT2D eigenvalue weighted by atomic mass is 16.2. The molecule has 1 N–H and O–H groups in total. The Kier molecular flexibility index (Phi) is 6.65. The first-order chi connectivity index (χ1) is 18.1. The smallest absolute Gasteiger partial charge is 0.242 e. The van der Waals surface area contributed by atoms with Crippen LogP contribution in [0.1, 0.15) is 76.2 Å². The number of aryl methyl sites for hydroxylation is 2. The number of azo groups is 1. The van der Waals surface area contributed by atoms with E-state index in [0.717, 1.165) is 42.4 Å². The Balaban J connectivity index is 1.44. The summed E-state index contributed by atoms with van der Waals surface area (Å²) in [4.78, 5) is 50.6. The monoisotopic (exact) mass is 516 g/mol. The summed E-state index contributed by atoms with van der Waals surface area (Å²) < 4.78 is 0. The van der Waals surface area contributed by atoms with Gasteiger partial charge in [0.15, 0.2) is 11.3 Å². The van der Waals surface area contributed by atoms with Gasteiger partial charge in [0, 0.05) is 36.1 Å². The minimum atomic E-state index is -1.42. The number of unbranched alkanes of at least 4 members (excludes halogenated alkanes) is 2. The van der Waals surface area contributed by atoms with Crippen LogP contribution in [0.25, 0.3) is 11.1 Å². The number of fused-ring (bicyclic) bond motifs is 2. The van der Waals surface area contributed by atoms with Gasteiger partial charge in [-0.3, -0.25) is 14.4 Å². The molecule has 2 fully saturated rings. The topological polar surface area (TPSA) is 117 Å². The molecule has 3 aliphatic rings. The highest BCUT2D eigenvalue weighted by molar-refractivity contribution is 5.98. The van der Waals surface area contributed by atoms with Gasteiger partial charge in [0.2, 0.25) is 11.8 Å². The summed E-state index contributed by atoms with van der Waals surface area (Å²) in [5.41, 5.74) is 2.28. The van der Waals surface area contributed by atoms with E-state index >= 15 is 0 Å². The maximum absolute atomic E-state index is 13.9. The van der Waals surface area contributed by atoms with Gasteiger partial charge in [-0.15, -0.1) is 0 Å². The second-order valence-corrected chi connectivity index (χ2v) is 11.4. The van der Waals surface area contributed by atoms with Crippen molar-refractivity contribution >= 4 is 23.3 Å². The summed E-state index contributed by atoms with van der Waals surface area (Å²) in [7, 11) is 0. The summed E-state index contributed by atoms with van der Waals surface area (Å²) in [6.07, 6.45) is 7.90. The third-order valence-electron chi connectivity index (χ3n) is 8.48. The number of amides is 2. The number of Topliss-reactive ketones (excluding diaryl/α,β-unsaturated/α-hetero) is 1. The van der Waals surface area contributed by atoms with Gasteiger partial charge >= 0.3 is 0 Å². The molecule has 1 aliphatic carbocycles. The van der Waals surface area contributed by atoms with Crippen LogP contribution in [0, 0.1) is 19.3 Å². The molecule has 0 spiro atoms. The molecule has 9 heteroatoms. The zero-order valence-electron chi connectivity index (χ0n) is 22.9. The molecule has 4 atom stereocenters. The van der Waals surface area contributed by atoms with Crippen molar-refractivity contribution in [1.82, 2.24) is 20.2 Å². The van der Waals surface area contributed by atoms with Gasteiger partial charge in [-0.2, -0.15) is 10.2 Å². The van der Waals surface area contributed by atoms with E-state index < -0.39 is 11.6 Å². The van der Waals surface area contributed by atoms with Gasteiger partial charge in [0.05, 0.1) is 12.1 Å².